The second-order valence-electron chi connectivity index (χ2n) is 6.00. The number of nitrogens with two attached hydrogens (primary N) is 1. The molecule has 0 saturated heterocycles. The van der Waals surface area contributed by atoms with Gasteiger partial charge < -0.3 is 15.6 Å². The number of phenols is 1. The molecule has 3 aromatic rings. The first-order valence-corrected chi connectivity index (χ1v) is 8.77. The predicted octanol–water partition coefficient (Wildman–Crippen LogP) is 2.35. The van der Waals surface area contributed by atoms with Gasteiger partial charge in [0, 0.05) is 24.2 Å². The summed E-state index contributed by atoms with van der Waals surface area (Å²) < 4.78 is 6.78. The molecule has 0 unspecified atom stereocenters. The maximum absolute atomic E-state index is 11.2. The Hall–Kier alpha value is -2.64. The van der Waals surface area contributed by atoms with Crippen LogP contribution < -0.4 is 10.5 Å². The van der Waals surface area contributed by atoms with Crippen molar-refractivity contribution in [3.63, 3.8) is 0 Å². The summed E-state index contributed by atoms with van der Waals surface area (Å²) in [5.74, 6) is 0.180. The molecule has 25 heavy (non-hydrogen) atoms. The molecule has 4 rings (SSSR count). The van der Waals surface area contributed by atoms with E-state index in [2.05, 4.69) is 4.98 Å². The second-order valence-corrected chi connectivity index (χ2v) is 7.03. The zero-order valence-corrected chi connectivity index (χ0v) is 14.3. The third-order valence-electron chi connectivity index (χ3n) is 4.11. The molecule has 128 valence electrons. The number of ether oxygens (including phenoxy) is 1. The number of primary amides is 1. The average molecular weight is 355 g/mol. The molecule has 0 aliphatic carbocycles. The fourth-order valence-corrected chi connectivity index (χ4v) is 3.98. The molecule has 0 atom stereocenters. The van der Waals surface area contributed by atoms with E-state index in [1.807, 2.05) is 35.2 Å². The first-order chi connectivity index (χ1) is 12.1. The Morgan fingerprint density at radius 2 is 2.20 bits per heavy atom. The molecule has 0 spiro atoms. The molecule has 0 bridgehead atoms. The van der Waals surface area contributed by atoms with Crippen molar-refractivity contribution in [2.24, 2.45) is 5.73 Å². The summed E-state index contributed by atoms with van der Waals surface area (Å²) >= 11 is 1.58. The molecule has 6 nitrogen and oxygen atoms in total. The van der Waals surface area contributed by atoms with E-state index in [0.717, 1.165) is 26.4 Å². The molecular formula is C18H17N3O3S. The highest BCUT2D eigenvalue weighted by atomic mass is 32.1. The summed E-state index contributed by atoms with van der Waals surface area (Å²) in [5.41, 5.74) is 7.90. The van der Waals surface area contributed by atoms with Gasteiger partial charge in [-0.1, -0.05) is 12.1 Å². The molecule has 0 radical (unpaired) electrons. The number of amides is 1. The highest BCUT2D eigenvalue weighted by Gasteiger charge is 2.21. The summed E-state index contributed by atoms with van der Waals surface area (Å²) in [7, 11) is 0. The van der Waals surface area contributed by atoms with Gasteiger partial charge in [0.15, 0.2) is 11.5 Å². The van der Waals surface area contributed by atoms with Gasteiger partial charge in [-0.3, -0.25) is 9.69 Å². The minimum atomic E-state index is -0.380. The molecule has 0 fully saturated rings. The number of para-hydroxylation sites is 1. The molecule has 2 heterocycles. The van der Waals surface area contributed by atoms with E-state index >= 15 is 0 Å². The number of rotatable bonds is 3. The van der Waals surface area contributed by atoms with Crippen LogP contribution in [0.2, 0.25) is 0 Å². The Morgan fingerprint density at radius 1 is 1.36 bits per heavy atom. The van der Waals surface area contributed by atoms with Gasteiger partial charge in [-0.25, -0.2) is 4.98 Å². The lowest BCUT2D eigenvalue weighted by molar-refractivity contribution is -0.119. The number of carbonyl (C=O) groups excluding carboxylic acids is 1. The molecule has 2 aromatic carbocycles. The smallest absolute Gasteiger partial charge is 0.231 e. The minimum absolute atomic E-state index is 0.0904. The molecule has 7 heteroatoms. The molecule has 0 saturated carbocycles. The molecule has 1 aromatic heterocycles. The molecule has 3 N–H and O–H groups in total. The van der Waals surface area contributed by atoms with Crippen molar-refractivity contribution in [1.29, 1.82) is 0 Å². The number of thiazole rings is 1. The zero-order valence-electron chi connectivity index (χ0n) is 13.4. The van der Waals surface area contributed by atoms with Crippen molar-refractivity contribution in [3.05, 3.63) is 42.0 Å². The largest absolute Gasteiger partial charge is 0.504 e. The number of hydrogen-bond acceptors (Lipinski definition) is 6. The first kappa shape index (κ1) is 15.9. The molecule has 1 amide bonds. The topological polar surface area (TPSA) is 88.7 Å². The van der Waals surface area contributed by atoms with Gasteiger partial charge in [-0.15, -0.1) is 11.3 Å². The fourth-order valence-electron chi connectivity index (χ4n) is 3.03. The van der Waals surface area contributed by atoms with Crippen LogP contribution in [-0.2, 0) is 11.3 Å². The van der Waals surface area contributed by atoms with E-state index < -0.39 is 0 Å². The van der Waals surface area contributed by atoms with Crippen molar-refractivity contribution >= 4 is 27.5 Å². The highest BCUT2D eigenvalue weighted by Crippen LogP contribution is 2.39. The van der Waals surface area contributed by atoms with Crippen LogP contribution in [0.4, 0.5) is 0 Å². The van der Waals surface area contributed by atoms with Crippen LogP contribution in [0.3, 0.4) is 0 Å². The first-order valence-electron chi connectivity index (χ1n) is 7.95. The number of phenolic OH excluding ortho intramolecular Hbond substituents is 1. The van der Waals surface area contributed by atoms with Gasteiger partial charge in [0.2, 0.25) is 5.91 Å². The summed E-state index contributed by atoms with van der Waals surface area (Å²) in [6.07, 6.45) is 0. The second kappa shape index (κ2) is 6.34. The number of nitrogens with zero attached hydrogens (tertiary/aromatic N) is 2. The number of aromatic nitrogens is 1. The Balaban J connectivity index is 1.74. The lowest BCUT2D eigenvalue weighted by Gasteiger charge is -2.17. The van der Waals surface area contributed by atoms with Gasteiger partial charge in [0.25, 0.3) is 0 Å². The van der Waals surface area contributed by atoms with E-state index in [-0.39, 0.29) is 18.2 Å². The van der Waals surface area contributed by atoms with Crippen LogP contribution in [0.15, 0.2) is 36.4 Å². The van der Waals surface area contributed by atoms with Crippen LogP contribution in [-0.4, -0.2) is 40.6 Å². The summed E-state index contributed by atoms with van der Waals surface area (Å²) in [5, 5.41) is 11.2. The van der Waals surface area contributed by atoms with Gasteiger partial charge in [0.05, 0.1) is 16.8 Å². The number of fused-ring (bicyclic) bond motifs is 2. The Kier molecular flexibility index (Phi) is 4.03. The number of aromatic hydroxyl groups is 1. The van der Waals surface area contributed by atoms with Gasteiger partial charge in [-0.2, -0.15) is 0 Å². The lowest BCUT2D eigenvalue weighted by Crippen LogP contribution is -2.34. The van der Waals surface area contributed by atoms with Crippen molar-refractivity contribution in [3.8, 4) is 22.1 Å². The highest BCUT2D eigenvalue weighted by molar-refractivity contribution is 7.21. The molecule has 1 aliphatic rings. The quantitative estimate of drug-likeness (QED) is 0.753. The zero-order chi connectivity index (χ0) is 17.4. The van der Waals surface area contributed by atoms with E-state index in [9.17, 15) is 9.90 Å². The summed E-state index contributed by atoms with van der Waals surface area (Å²) in [4.78, 5) is 17.8. The number of hydrogen-bond donors (Lipinski definition) is 2. The van der Waals surface area contributed by atoms with Crippen molar-refractivity contribution in [2.75, 3.05) is 19.7 Å². The van der Waals surface area contributed by atoms with E-state index in [4.69, 9.17) is 10.5 Å². The van der Waals surface area contributed by atoms with Gasteiger partial charge in [-0.05, 0) is 24.3 Å². The van der Waals surface area contributed by atoms with Crippen LogP contribution >= 0.6 is 11.3 Å². The molecule has 1 aliphatic heterocycles. The summed E-state index contributed by atoms with van der Waals surface area (Å²) in [6, 6.07) is 11.6. The van der Waals surface area contributed by atoms with Crippen molar-refractivity contribution < 1.29 is 14.6 Å². The third-order valence-corrected chi connectivity index (χ3v) is 5.20. The maximum atomic E-state index is 11.2. The SMILES string of the molecule is NC(=O)CN1CCOc2c(O)cc(-c3nc4ccccc4s3)cc2C1. The lowest BCUT2D eigenvalue weighted by atomic mass is 10.1. The van der Waals surface area contributed by atoms with Crippen LogP contribution in [0.25, 0.3) is 20.8 Å². The van der Waals surface area contributed by atoms with Crippen molar-refractivity contribution in [2.45, 2.75) is 6.54 Å². The predicted molar refractivity (Wildman–Crippen MR) is 96.7 cm³/mol. The Morgan fingerprint density at radius 3 is 3.00 bits per heavy atom. The maximum Gasteiger partial charge on any atom is 0.231 e. The van der Waals surface area contributed by atoms with E-state index in [1.54, 1.807) is 17.4 Å². The third kappa shape index (κ3) is 3.16. The fraction of sp³-hybridized carbons (Fsp3) is 0.222. The van der Waals surface area contributed by atoms with Crippen LogP contribution in [0, 0.1) is 0 Å². The number of carbonyl (C=O) groups is 1. The van der Waals surface area contributed by atoms with Crippen LogP contribution in [0.1, 0.15) is 5.56 Å². The van der Waals surface area contributed by atoms with E-state index in [0.29, 0.717) is 25.4 Å². The standard InChI is InChI=1S/C18H17N3O3S/c19-16(23)10-21-5-6-24-17-12(9-21)7-11(8-14(17)22)18-20-13-3-1-2-4-15(13)25-18/h1-4,7-8,22H,5-6,9-10H2,(H2,19,23). The normalized spacial score (nSPS) is 14.7. The van der Waals surface area contributed by atoms with Crippen LogP contribution in [0.5, 0.6) is 11.5 Å². The van der Waals surface area contributed by atoms with Crippen molar-refractivity contribution in [1.82, 2.24) is 9.88 Å². The monoisotopic (exact) mass is 355 g/mol. The Bertz CT molecular complexity index is 921. The van der Waals surface area contributed by atoms with Gasteiger partial charge in [0.1, 0.15) is 11.6 Å². The number of benzene rings is 2. The average Bonchev–Trinajstić information content (AvgIpc) is 2.90. The summed E-state index contributed by atoms with van der Waals surface area (Å²) in [6.45, 7) is 1.63. The minimum Gasteiger partial charge on any atom is -0.504 e. The Labute approximate surface area is 148 Å². The molecular weight excluding hydrogens is 338 g/mol. The van der Waals surface area contributed by atoms with E-state index in [1.165, 1.54) is 0 Å². The van der Waals surface area contributed by atoms with Gasteiger partial charge >= 0.3 is 0 Å².